The zero-order chi connectivity index (χ0) is 20.4. The SMILES string of the molecule is O=C(O[C@H](C(=O)N1CCCC1)c1ccccc1)C1=CC=CN2CCS(=O)(=O)N=C12. The molecule has 1 atom stereocenters. The van der Waals surface area contributed by atoms with E-state index in [2.05, 4.69) is 4.40 Å². The van der Waals surface area contributed by atoms with E-state index in [0.717, 1.165) is 12.8 Å². The lowest BCUT2D eigenvalue weighted by Gasteiger charge is -2.29. The molecule has 29 heavy (non-hydrogen) atoms. The molecule has 0 saturated carbocycles. The highest BCUT2D eigenvalue weighted by Crippen LogP contribution is 2.26. The molecule has 0 aromatic heterocycles. The molecule has 1 aromatic carbocycles. The monoisotopic (exact) mass is 415 g/mol. The number of esters is 1. The third kappa shape index (κ3) is 4.09. The Hall–Kier alpha value is -2.94. The van der Waals surface area contributed by atoms with E-state index in [1.165, 1.54) is 6.08 Å². The average molecular weight is 415 g/mol. The number of allylic oxidation sites excluding steroid dienone is 2. The van der Waals surface area contributed by atoms with E-state index in [1.54, 1.807) is 46.3 Å². The summed E-state index contributed by atoms with van der Waals surface area (Å²) >= 11 is 0. The molecule has 152 valence electrons. The lowest BCUT2D eigenvalue weighted by Crippen LogP contribution is -2.41. The second kappa shape index (κ2) is 7.82. The minimum absolute atomic E-state index is 0.0194. The van der Waals surface area contributed by atoms with Crippen LogP contribution in [0.2, 0.25) is 0 Å². The van der Waals surface area contributed by atoms with Gasteiger partial charge in [-0.1, -0.05) is 30.3 Å². The number of carbonyl (C=O) groups is 2. The first kappa shape index (κ1) is 19.4. The lowest BCUT2D eigenvalue weighted by atomic mass is 10.1. The van der Waals surface area contributed by atoms with Gasteiger partial charge in [0.15, 0.2) is 5.84 Å². The van der Waals surface area contributed by atoms with Gasteiger partial charge in [-0.15, -0.1) is 4.40 Å². The van der Waals surface area contributed by atoms with Crippen molar-refractivity contribution in [1.29, 1.82) is 0 Å². The predicted octanol–water partition coefficient (Wildman–Crippen LogP) is 1.39. The number of hydrogen-bond acceptors (Lipinski definition) is 6. The third-order valence-corrected chi connectivity index (χ3v) is 6.20. The number of sulfonamides is 1. The molecular formula is C20H21N3O5S. The zero-order valence-corrected chi connectivity index (χ0v) is 16.5. The number of amides is 1. The summed E-state index contributed by atoms with van der Waals surface area (Å²) in [7, 11) is -3.64. The largest absolute Gasteiger partial charge is 0.444 e. The summed E-state index contributed by atoms with van der Waals surface area (Å²) in [5.74, 6) is -1.15. The highest BCUT2D eigenvalue weighted by molar-refractivity contribution is 7.90. The van der Waals surface area contributed by atoms with Crippen molar-refractivity contribution in [3.05, 3.63) is 59.8 Å². The molecule has 0 bridgehead atoms. The Morgan fingerprint density at radius 2 is 1.79 bits per heavy atom. The fourth-order valence-electron chi connectivity index (χ4n) is 3.54. The van der Waals surface area contributed by atoms with Gasteiger partial charge >= 0.3 is 5.97 Å². The number of likely N-dealkylation sites (tertiary alicyclic amines) is 1. The van der Waals surface area contributed by atoms with Crippen LogP contribution in [0.25, 0.3) is 0 Å². The van der Waals surface area contributed by atoms with Gasteiger partial charge in [-0.05, 0) is 25.0 Å². The van der Waals surface area contributed by atoms with Crippen LogP contribution in [-0.4, -0.2) is 61.3 Å². The van der Waals surface area contributed by atoms with E-state index < -0.39 is 22.1 Å². The molecule has 9 heteroatoms. The molecule has 1 fully saturated rings. The topological polar surface area (TPSA) is 96.4 Å². The average Bonchev–Trinajstić information content (AvgIpc) is 3.26. The maximum Gasteiger partial charge on any atom is 0.343 e. The number of hydrogen-bond donors (Lipinski definition) is 0. The maximum absolute atomic E-state index is 13.0. The molecule has 3 heterocycles. The normalized spacial score (nSPS) is 21.1. The molecule has 1 saturated heterocycles. The van der Waals surface area contributed by atoms with Crippen molar-refractivity contribution in [2.45, 2.75) is 18.9 Å². The first-order chi connectivity index (χ1) is 13.9. The number of rotatable bonds is 4. The molecule has 4 rings (SSSR count). The fraction of sp³-hybridized carbons (Fsp3) is 0.350. The van der Waals surface area contributed by atoms with Gasteiger partial charge in [0.25, 0.3) is 15.9 Å². The number of fused-ring (bicyclic) bond motifs is 1. The summed E-state index contributed by atoms with van der Waals surface area (Å²) in [6, 6.07) is 8.83. The molecule has 0 spiro atoms. The first-order valence-corrected chi connectivity index (χ1v) is 11.1. The molecule has 0 unspecified atom stereocenters. The predicted molar refractivity (Wildman–Crippen MR) is 106 cm³/mol. The molecule has 3 aliphatic heterocycles. The van der Waals surface area contributed by atoms with Crippen molar-refractivity contribution in [1.82, 2.24) is 9.80 Å². The summed E-state index contributed by atoms with van der Waals surface area (Å²) in [6.07, 6.45) is 5.49. The van der Waals surface area contributed by atoms with E-state index >= 15 is 0 Å². The second-order valence-electron chi connectivity index (χ2n) is 7.04. The van der Waals surface area contributed by atoms with E-state index in [9.17, 15) is 18.0 Å². The molecular weight excluding hydrogens is 394 g/mol. The van der Waals surface area contributed by atoms with E-state index in [0.29, 0.717) is 18.7 Å². The van der Waals surface area contributed by atoms with Crippen molar-refractivity contribution in [2.75, 3.05) is 25.4 Å². The molecule has 0 aliphatic carbocycles. The fourth-order valence-corrected chi connectivity index (χ4v) is 4.52. The summed E-state index contributed by atoms with van der Waals surface area (Å²) in [5.41, 5.74) is 0.589. The summed E-state index contributed by atoms with van der Waals surface area (Å²) < 4.78 is 33.2. The van der Waals surface area contributed by atoms with Crippen LogP contribution >= 0.6 is 0 Å². The summed E-state index contributed by atoms with van der Waals surface area (Å²) in [4.78, 5) is 29.3. The standard InChI is InChI=1S/C20H21N3O5S/c24-19(23-10-4-5-11-23)17(15-7-2-1-3-8-15)28-20(25)16-9-6-12-22-13-14-29(26,27)21-18(16)22/h1-3,6-9,12,17H,4-5,10-11,13-14H2/t17-/m0/s1. The molecule has 1 aromatic rings. The van der Waals surface area contributed by atoms with Crippen LogP contribution in [0.4, 0.5) is 0 Å². The Balaban J connectivity index is 1.62. The van der Waals surface area contributed by atoms with Crippen LogP contribution in [0.15, 0.2) is 58.7 Å². The summed E-state index contributed by atoms with van der Waals surface area (Å²) in [5, 5.41) is 0. The van der Waals surface area contributed by atoms with Gasteiger partial charge in [0.05, 0.1) is 5.75 Å². The van der Waals surface area contributed by atoms with Crippen molar-refractivity contribution in [3.63, 3.8) is 0 Å². The van der Waals surface area contributed by atoms with Crippen LogP contribution in [0, 0.1) is 0 Å². The van der Waals surface area contributed by atoms with Crippen LogP contribution in [-0.2, 0) is 24.3 Å². The maximum atomic E-state index is 13.0. The van der Waals surface area contributed by atoms with E-state index in [1.807, 2.05) is 6.07 Å². The van der Waals surface area contributed by atoms with Gasteiger partial charge in [0.2, 0.25) is 6.10 Å². The van der Waals surface area contributed by atoms with E-state index in [4.69, 9.17) is 4.74 Å². The van der Waals surface area contributed by atoms with Crippen molar-refractivity contribution in [2.24, 2.45) is 4.40 Å². The summed E-state index contributed by atoms with van der Waals surface area (Å²) in [6.45, 7) is 1.46. The minimum atomic E-state index is -3.64. The van der Waals surface area contributed by atoms with Crippen LogP contribution in [0.5, 0.6) is 0 Å². The molecule has 8 nitrogen and oxygen atoms in total. The number of benzene rings is 1. The van der Waals surface area contributed by atoms with Crippen molar-refractivity contribution < 1.29 is 22.7 Å². The Kier molecular flexibility index (Phi) is 5.23. The highest BCUT2D eigenvalue weighted by Gasteiger charge is 2.35. The number of amidine groups is 1. The van der Waals surface area contributed by atoms with Gasteiger partial charge in [-0.2, -0.15) is 0 Å². The van der Waals surface area contributed by atoms with Crippen LogP contribution in [0.1, 0.15) is 24.5 Å². The first-order valence-electron chi connectivity index (χ1n) is 9.47. The van der Waals surface area contributed by atoms with Crippen LogP contribution in [0.3, 0.4) is 0 Å². The Morgan fingerprint density at radius 3 is 2.52 bits per heavy atom. The Bertz CT molecular complexity index is 1010. The number of ether oxygens (including phenoxy) is 1. The van der Waals surface area contributed by atoms with Gasteiger partial charge in [-0.25, -0.2) is 13.2 Å². The quantitative estimate of drug-likeness (QED) is 0.690. The number of nitrogens with zero attached hydrogens (tertiary/aromatic N) is 3. The zero-order valence-electron chi connectivity index (χ0n) is 15.7. The smallest absolute Gasteiger partial charge is 0.343 e. The van der Waals surface area contributed by atoms with Gasteiger partial charge < -0.3 is 14.5 Å². The minimum Gasteiger partial charge on any atom is -0.444 e. The van der Waals surface area contributed by atoms with Gasteiger partial charge in [0.1, 0.15) is 5.57 Å². The lowest BCUT2D eigenvalue weighted by molar-refractivity contribution is -0.157. The Labute approximate surface area is 169 Å². The molecule has 0 radical (unpaired) electrons. The van der Waals surface area contributed by atoms with Crippen LogP contribution < -0.4 is 0 Å². The second-order valence-corrected chi connectivity index (χ2v) is 8.80. The molecule has 0 N–H and O–H groups in total. The molecule has 1 amide bonds. The molecule has 3 aliphatic rings. The van der Waals surface area contributed by atoms with Crippen molar-refractivity contribution in [3.8, 4) is 0 Å². The third-order valence-electron chi connectivity index (χ3n) is 5.05. The Morgan fingerprint density at radius 1 is 1.07 bits per heavy atom. The van der Waals surface area contributed by atoms with Crippen molar-refractivity contribution >= 4 is 27.7 Å². The van der Waals surface area contributed by atoms with Gasteiger partial charge in [-0.3, -0.25) is 4.79 Å². The number of carbonyl (C=O) groups excluding carboxylic acids is 2. The van der Waals surface area contributed by atoms with Gasteiger partial charge in [0, 0.05) is 31.4 Å². The van der Waals surface area contributed by atoms with E-state index in [-0.39, 0.29) is 29.6 Å². The highest BCUT2D eigenvalue weighted by atomic mass is 32.2.